The van der Waals surface area contributed by atoms with Crippen molar-refractivity contribution in [2.45, 2.75) is 68.2 Å². The van der Waals surface area contributed by atoms with E-state index in [1.165, 1.54) is 44.5 Å². The van der Waals surface area contributed by atoms with E-state index in [0.717, 1.165) is 25.9 Å². The lowest BCUT2D eigenvalue weighted by Gasteiger charge is -2.08. The number of benzene rings is 3. The Kier molecular flexibility index (Phi) is 17.5. The standard InChI is InChI=1S/C20H14.2C4H11N.3C2H6/c1-3-7-16-14(6-1)12-19-18(16)10-9-15-11-13-5-2-4-8-17(13)20(15)19;2*1-4-5(2)3;3*1-2/h1-10H,11-12H2;2*4H2,1-3H3;3*1-2H3. The van der Waals surface area contributed by atoms with Gasteiger partial charge in [-0.15, -0.1) is 0 Å². The highest BCUT2D eigenvalue weighted by Crippen LogP contribution is 2.47. The smallest absolute Gasteiger partial charge is 0.000718 e. The predicted molar refractivity (Wildman–Crippen MR) is 165 cm³/mol. The summed E-state index contributed by atoms with van der Waals surface area (Å²) in [6.45, 7) is 18.5. The Labute approximate surface area is 224 Å². The van der Waals surface area contributed by atoms with Crippen molar-refractivity contribution in [3.05, 3.63) is 82.9 Å². The molecule has 0 bridgehead atoms. The van der Waals surface area contributed by atoms with Gasteiger partial charge in [0.15, 0.2) is 0 Å². The van der Waals surface area contributed by atoms with Crippen molar-refractivity contribution in [1.82, 2.24) is 9.80 Å². The molecule has 200 valence electrons. The highest BCUT2D eigenvalue weighted by atomic mass is 15.0. The summed E-state index contributed by atoms with van der Waals surface area (Å²) < 4.78 is 0. The average molecular weight is 491 g/mol. The van der Waals surface area contributed by atoms with Gasteiger partial charge in [-0.2, -0.15) is 0 Å². The Bertz CT molecular complexity index is 978. The van der Waals surface area contributed by atoms with Crippen LogP contribution in [-0.4, -0.2) is 51.1 Å². The largest absolute Gasteiger partial charge is 0.310 e. The maximum atomic E-state index is 2.33. The van der Waals surface area contributed by atoms with E-state index in [1.807, 2.05) is 41.5 Å². The van der Waals surface area contributed by atoms with E-state index >= 15 is 0 Å². The van der Waals surface area contributed by atoms with Crippen LogP contribution >= 0.6 is 0 Å². The molecule has 2 nitrogen and oxygen atoms in total. The van der Waals surface area contributed by atoms with Crippen molar-refractivity contribution in [2.24, 2.45) is 0 Å². The average Bonchev–Trinajstić information content (AvgIpc) is 3.51. The zero-order chi connectivity index (χ0) is 27.7. The Morgan fingerprint density at radius 3 is 1.39 bits per heavy atom. The third-order valence-electron chi connectivity index (χ3n) is 6.01. The van der Waals surface area contributed by atoms with Crippen molar-refractivity contribution < 1.29 is 0 Å². The van der Waals surface area contributed by atoms with Crippen molar-refractivity contribution in [2.75, 3.05) is 41.3 Å². The highest BCUT2D eigenvalue weighted by Gasteiger charge is 2.27. The molecule has 36 heavy (non-hydrogen) atoms. The Balaban J connectivity index is 0.000000646. The van der Waals surface area contributed by atoms with Crippen molar-refractivity contribution in [1.29, 1.82) is 0 Å². The Morgan fingerprint density at radius 2 is 0.917 bits per heavy atom. The zero-order valence-corrected chi connectivity index (χ0v) is 25.5. The molecule has 0 fully saturated rings. The van der Waals surface area contributed by atoms with Gasteiger partial charge in [-0.3, -0.25) is 0 Å². The monoisotopic (exact) mass is 490 g/mol. The second-order valence-electron chi connectivity index (χ2n) is 8.59. The van der Waals surface area contributed by atoms with Crippen LogP contribution in [0.25, 0.3) is 22.3 Å². The number of rotatable bonds is 2. The first-order valence-electron chi connectivity index (χ1n) is 14.1. The van der Waals surface area contributed by atoms with Gasteiger partial charge in [-0.05, 0) is 98.6 Å². The van der Waals surface area contributed by atoms with Crippen molar-refractivity contribution in [3.63, 3.8) is 0 Å². The van der Waals surface area contributed by atoms with E-state index < -0.39 is 0 Å². The van der Waals surface area contributed by atoms with E-state index in [2.05, 4.69) is 113 Å². The minimum absolute atomic E-state index is 1.09. The van der Waals surface area contributed by atoms with Crippen LogP contribution in [0, 0.1) is 0 Å². The number of nitrogens with zero attached hydrogens (tertiary/aromatic N) is 2. The SMILES string of the molecule is CC.CC.CC.CCN(C)C.CCN(C)C.c1ccc2c(c1)Cc1c-2ccc2c1-c1ccccc1C2. The molecule has 2 aliphatic carbocycles. The molecule has 0 radical (unpaired) electrons. The van der Waals surface area contributed by atoms with Gasteiger partial charge in [-0.1, -0.05) is 116 Å². The molecule has 0 N–H and O–H groups in total. The van der Waals surface area contributed by atoms with Crippen molar-refractivity contribution >= 4 is 0 Å². The van der Waals surface area contributed by atoms with Crippen LogP contribution in [0.3, 0.4) is 0 Å². The second kappa shape index (κ2) is 18.8. The molecule has 3 aromatic carbocycles. The molecular weight excluding hydrogens is 436 g/mol. The van der Waals surface area contributed by atoms with E-state index in [9.17, 15) is 0 Å². The summed E-state index contributed by atoms with van der Waals surface area (Å²) in [6, 6.07) is 22.3. The van der Waals surface area contributed by atoms with Crippen LogP contribution in [0.2, 0.25) is 0 Å². The predicted octanol–water partition coefficient (Wildman–Crippen LogP) is 9.04. The molecule has 0 unspecified atom stereocenters. The van der Waals surface area contributed by atoms with Crippen LogP contribution in [-0.2, 0) is 12.8 Å². The fourth-order valence-corrected chi connectivity index (χ4v) is 3.87. The van der Waals surface area contributed by atoms with Crippen LogP contribution in [0.5, 0.6) is 0 Å². The first kappa shape index (κ1) is 33.6. The van der Waals surface area contributed by atoms with E-state index in [-0.39, 0.29) is 0 Å². The summed E-state index contributed by atoms with van der Waals surface area (Å²) in [5.41, 5.74) is 11.8. The summed E-state index contributed by atoms with van der Waals surface area (Å²) in [4.78, 5) is 4.25. The lowest BCUT2D eigenvalue weighted by Crippen LogP contribution is -2.08. The van der Waals surface area contributed by atoms with E-state index in [4.69, 9.17) is 0 Å². The molecule has 0 saturated heterocycles. The second-order valence-corrected chi connectivity index (χ2v) is 8.59. The Hall–Kier alpha value is -2.42. The minimum Gasteiger partial charge on any atom is -0.310 e. The quantitative estimate of drug-likeness (QED) is 0.243. The summed E-state index contributed by atoms with van der Waals surface area (Å²) in [5.74, 6) is 0. The van der Waals surface area contributed by atoms with Gasteiger partial charge in [0.05, 0.1) is 0 Å². The summed E-state index contributed by atoms with van der Waals surface area (Å²) in [5, 5.41) is 0. The Morgan fingerprint density at radius 1 is 0.500 bits per heavy atom. The normalized spacial score (nSPS) is 10.7. The van der Waals surface area contributed by atoms with Crippen LogP contribution < -0.4 is 0 Å². The number of hydrogen-bond donors (Lipinski definition) is 0. The zero-order valence-electron chi connectivity index (χ0n) is 25.5. The molecular formula is C34H54N2. The van der Waals surface area contributed by atoms with Crippen LogP contribution in [0.1, 0.15) is 77.6 Å². The lowest BCUT2D eigenvalue weighted by atomic mass is 9.95. The van der Waals surface area contributed by atoms with Crippen molar-refractivity contribution in [3.8, 4) is 22.3 Å². The van der Waals surface area contributed by atoms with Crippen LogP contribution in [0.4, 0.5) is 0 Å². The lowest BCUT2D eigenvalue weighted by molar-refractivity contribution is 0.434. The van der Waals surface area contributed by atoms with Gasteiger partial charge in [0.25, 0.3) is 0 Å². The van der Waals surface area contributed by atoms with E-state index in [0.29, 0.717) is 0 Å². The van der Waals surface area contributed by atoms with Gasteiger partial charge < -0.3 is 9.80 Å². The molecule has 0 heterocycles. The third-order valence-corrected chi connectivity index (χ3v) is 6.01. The fraction of sp³-hybridized carbons (Fsp3) is 0.471. The summed E-state index contributed by atoms with van der Waals surface area (Å²) in [7, 11) is 8.22. The molecule has 0 atom stereocenters. The molecule has 0 amide bonds. The van der Waals surface area contributed by atoms with E-state index in [1.54, 1.807) is 0 Å². The number of fused-ring (bicyclic) bond motifs is 7. The number of hydrogen-bond acceptors (Lipinski definition) is 2. The molecule has 2 aliphatic rings. The van der Waals surface area contributed by atoms with Gasteiger partial charge >= 0.3 is 0 Å². The van der Waals surface area contributed by atoms with Gasteiger partial charge in [0.2, 0.25) is 0 Å². The maximum absolute atomic E-state index is 2.33. The molecule has 0 aliphatic heterocycles. The molecule has 3 aromatic rings. The van der Waals surface area contributed by atoms with Gasteiger partial charge in [0.1, 0.15) is 0 Å². The third kappa shape index (κ3) is 9.22. The molecule has 0 aromatic heterocycles. The fourth-order valence-electron chi connectivity index (χ4n) is 3.87. The summed E-state index contributed by atoms with van der Waals surface area (Å²) >= 11 is 0. The first-order chi connectivity index (χ1) is 17.5. The molecule has 0 saturated carbocycles. The summed E-state index contributed by atoms with van der Waals surface area (Å²) in [6.07, 6.45) is 2.18. The maximum Gasteiger partial charge on any atom is -0.000718 e. The topological polar surface area (TPSA) is 6.48 Å². The first-order valence-corrected chi connectivity index (χ1v) is 14.1. The minimum atomic E-state index is 1.09. The highest BCUT2D eigenvalue weighted by molar-refractivity contribution is 5.89. The van der Waals surface area contributed by atoms with Crippen LogP contribution in [0.15, 0.2) is 60.7 Å². The van der Waals surface area contributed by atoms with Gasteiger partial charge in [-0.25, -0.2) is 0 Å². The molecule has 0 spiro atoms. The molecule has 5 rings (SSSR count). The molecule has 2 heteroatoms. The van der Waals surface area contributed by atoms with Gasteiger partial charge in [0, 0.05) is 0 Å².